The lowest BCUT2D eigenvalue weighted by molar-refractivity contribution is -0.380. The average Bonchev–Trinajstić information content (AvgIpc) is 3.22. The van der Waals surface area contributed by atoms with Gasteiger partial charge in [-0.2, -0.15) is 10.2 Å². The van der Waals surface area contributed by atoms with Gasteiger partial charge in [-0.1, -0.05) is 32.4 Å². The Morgan fingerprint density at radius 3 is 1.97 bits per heavy atom. The largest absolute Gasteiger partial charge is 0.345 e. The molecule has 0 N–H and O–H groups in total. The SMILES string of the molecule is CCC(C)Cc1ccc(/N=N/c2ccc(/N=N/c3ncc([N+](=O)[O-])s3)cc2)cc1. The minimum absolute atomic E-state index is 0.0670. The van der Waals surface area contributed by atoms with Crippen LogP contribution in [0.15, 0.2) is 75.2 Å². The summed E-state index contributed by atoms with van der Waals surface area (Å²) in [4.78, 5) is 14.0. The van der Waals surface area contributed by atoms with Crippen molar-refractivity contribution in [2.24, 2.45) is 26.4 Å². The second-order valence-corrected chi connectivity index (χ2v) is 7.53. The first kappa shape index (κ1) is 20.4. The molecule has 0 aliphatic carbocycles. The van der Waals surface area contributed by atoms with Gasteiger partial charge in [-0.05, 0) is 65.6 Å². The van der Waals surface area contributed by atoms with Crippen molar-refractivity contribution in [1.29, 1.82) is 0 Å². The van der Waals surface area contributed by atoms with Crippen LogP contribution in [0.4, 0.5) is 27.2 Å². The zero-order valence-electron chi connectivity index (χ0n) is 16.1. The Bertz CT molecular complexity index is 1010. The maximum absolute atomic E-state index is 10.6. The van der Waals surface area contributed by atoms with Crippen LogP contribution in [0.25, 0.3) is 0 Å². The fourth-order valence-electron chi connectivity index (χ4n) is 2.43. The normalized spacial score (nSPS) is 12.6. The third kappa shape index (κ3) is 6.08. The van der Waals surface area contributed by atoms with Crippen LogP contribution in [0.2, 0.25) is 0 Å². The summed E-state index contributed by atoms with van der Waals surface area (Å²) in [5, 5.41) is 27.2. The van der Waals surface area contributed by atoms with E-state index in [9.17, 15) is 10.1 Å². The summed E-state index contributed by atoms with van der Waals surface area (Å²) in [6.45, 7) is 4.45. The number of nitro groups is 1. The van der Waals surface area contributed by atoms with Crippen molar-refractivity contribution >= 4 is 38.5 Å². The molecule has 1 unspecified atom stereocenters. The molecule has 0 aliphatic heterocycles. The van der Waals surface area contributed by atoms with Crippen molar-refractivity contribution in [3.63, 3.8) is 0 Å². The van der Waals surface area contributed by atoms with E-state index in [-0.39, 0.29) is 10.1 Å². The monoisotopic (exact) mass is 408 g/mol. The summed E-state index contributed by atoms with van der Waals surface area (Å²) in [5.74, 6) is 0.670. The van der Waals surface area contributed by atoms with E-state index in [4.69, 9.17) is 0 Å². The van der Waals surface area contributed by atoms with Gasteiger partial charge in [-0.15, -0.1) is 10.2 Å². The zero-order valence-corrected chi connectivity index (χ0v) is 16.9. The van der Waals surface area contributed by atoms with Gasteiger partial charge in [0, 0.05) is 0 Å². The zero-order chi connectivity index (χ0) is 20.6. The van der Waals surface area contributed by atoms with Crippen LogP contribution in [0.5, 0.6) is 0 Å². The second-order valence-electron chi connectivity index (χ2n) is 6.54. The van der Waals surface area contributed by atoms with E-state index in [0.717, 1.165) is 23.4 Å². The molecule has 1 aromatic heterocycles. The predicted molar refractivity (Wildman–Crippen MR) is 113 cm³/mol. The lowest BCUT2D eigenvalue weighted by atomic mass is 9.99. The van der Waals surface area contributed by atoms with E-state index in [2.05, 4.69) is 51.4 Å². The molecule has 8 nitrogen and oxygen atoms in total. The van der Waals surface area contributed by atoms with Gasteiger partial charge in [0.25, 0.3) is 0 Å². The standard InChI is InChI=1S/C20H20N6O2S/c1-3-14(2)12-15-4-6-16(7-5-15)22-23-17-8-10-18(11-9-17)24-25-20-21-13-19(29-20)26(27)28/h4-11,13-14H,3,12H2,1-2H3/b23-22+,25-24+. The molecule has 0 radical (unpaired) electrons. The van der Waals surface area contributed by atoms with Gasteiger partial charge in [0.1, 0.15) is 6.20 Å². The first-order valence-electron chi connectivity index (χ1n) is 9.16. The number of hydrogen-bond acceptors (Lipinski definition) is 8. The first-order valence-corrected chi connectivity index (χ1v) is 9.98. The van der Waals surface area contributed by atoms with Crippen LogP contribution in [-0.4, -0.2) is 9.91 Å². The molecule has 0 bridgehead atoms. The van der Waals surface area contributed by atoms with Gasteiger partial charge in [-0.25, -0.2) is 4.98 Å². The van der Waals surface area contributed by atoms with Crippen molar-refractivity contribution in [1.82, 2.24) is 4.98 Å². The van der Waals surface area contributed by atoms with Crippen LogP contribution in [0.3, 0.4) is 0 Å². The number of rotatable bonds is 8. The minimum atomic E-state index is -0.504. The Morgan fingerprint density at radius 1 is 0.966 bits per heavy atom. The highest BCUT2D eigenvalue weighted by atomic mass is 32.1. The summed E-state index contributed by atoms with van der Waals surface area (Å²) < 4.78 is 0. The van der Waals surface area contributed by atoms with Crippen molar-refractivity contribution < 1.29 is 4.92 Å². The number of hydrogen-bond donors (Lipinski definition) is 0. The lowest BCUT2D eigenvalue weighted by Crippen LogP contribution is -1.96. The smallest absolute Gasteiger partial charge is 0.257 e. The summed E-state index contributed by atoms with van der Waals surface area (Å²) >= 11 is 0.870. The van der Waals surface area contributed by atoms with Gasteiger partial charge in [0.15, 0.2) is 0 Å². The fourth-order valence-corrected chi connectivity index (χ4v) is 2.99. The fraction of sp³-hybridized carbons (Fsp3) is 0.250. The maximum Gasteiger partial charge on any atom is 0.345 e. The number of nitrogens with zero attached hydrogens (tertiary/aromatic N) is 6. The molecule has 0 saturated heterocycles. The van der Waals surface area contributed by atoms with E-state index < -0.39 is 4.92 Å². The van der Waals surface area contributed by atoms with Crippen molar-refractivity contribution in [3.8, 4) is 0 Å². The highest BCUT2D eigenvalue weighted by Crippen LogP contribution is 2.29. The predicted octanol–water partition coefficient (Wildman–Crippen LogP) is 7.47. The molecule has 0 spiro atoms. The Balaban J connectivity index is 1.59. The van der Waals surface area contributed by atoms with E-state index in [1.165, 1.54) is 18.2 Å². The van der Waals surface area contributed by atoms with Gasteiger partial charge in [-0.3, -0.25) is 10.1 Å². The molecular formula is C20H20N6O2S. The third-order valence-electron chi connectivity index (χ3n) is 4.26. The van der Waals surface area contributed by atoms with E-state index >= 15 is 0 Å². The molecule has 3 aromatic rings. The van der Waals surface area contributed by atoms with Crippen molar-refractivity contribution in [2.75, 3.05) is 0 Å². The van der Waals surface area contributed by atoms with Crippen molar-refractivity contribution in [3.05, 3.63) is 70.4 Å². The molecule has 1 atom stereocenters. The van der Waals surface area contributed by atoms with Crippen LogP contribution in [-0.2, 0) is 6.42 Å². The molecule has 0 fully saturated rings. The molecule has 1 heterocycles. The molecular weight excluding hydrogens is 388 g/mol. The van der Waals surface area contributed by atoms with E-state index in [1.807, 2.05) is 12.1 Å². The molecule has 3 rings (SSSR count). The molecule has 2 aromatic carbocycles. The number of azo groups is 2. The molecule has 148 valence electrons. The van der Waals surface area contributed by atoms with E-state index in [0.29, 0.717) is 17.3 Å². The highest BCUT2D eigenvalue weighted by Gasteiger charge is 2.10. The number of aromatic nitrogens is 1. The summed E-state index contributed by atoms with van der Waals surface area (Å²) in [6.07, 6.45) is 3.40. The van der Waals surface area contributed by atoms with Crippen molar-refractivity contribution in [2.45, 2.75) is 26.7 Å². The Labute approximate surface area is 172 Å². The van der Waals surface area contributed by atoms with Gasteiger partial charge in [0.2, 0.25) is 5.13 Å². The van der Waals surface area contributed by atoms with Crippen LogP contribution < -0.4 is 0 Å². The van der Waals surface area contributed by atoms with E-state index in [1.54, 1.807) is 24.3 Å². The van der Waals surface area contributed by atoms with Gasteiger partial charge < -0.3 is 0 Å². The Morgan fingerprint density at radius 2 is 1.48 bits per heavy atom. The van der Waals surface area contributed by atoms with Crippen LogP contribution in [0, 0.1) is 16.0 Å². The Hall–Kier alpha value is -3.33. The quantitative estimate of drug-likeness (QED) is 0.219. The van der Waals surface area contributed by atoms with Crippen LogP contribution in [0.1, 0.15) is 25.8 Å². The minimum Gasteiger partial charge on any atom is -0.257 e. The molecule has 0 saturated carbocycles. The third-order valence-corrected chi connectivity index (χ3v) is 5.09. The first-order chi connectivity index (χ1) is 14.0. The number of thiazole rings is 1. The maximum atomic E-state index is 10.6. The lowest BCUT2D eigenvalue weighted by Gasteiger charge is -2.07. The molecule has 9 heteroatoms. The van der Waals surface area contributed by atoms with Gasteiger partial charge >= 0.3 is 5.00 Å². The highest BCUT2D eigenvalue weighted by molar-refractivity contribution is 7.18. The summed E-state index contributed by atoms with van der Waals surface area (Å²) in [6, 6.07) is 15.2. The molecule has 0 amide bonds. The molecule has 29 heavy (non-hydrogen) atoms. The molecule has 0 aliphatic rings. The second kappa shape index (κ2) is 9.74. The van der Waals surface area contributed by atoms with Crippen LogP contribution >= 0.6 is 11.3 Å². The van der Waals surface area contributed by atoms with Gasteiger partial charge in [0.05, 0.1) is 22.0 Å². The number of benzene rings is 2. The topological polar surface area (TPSA) is 105 Å². The average molecular weight is 408 g/mol. The Kier molecular flexibility index (Phi) is 6.85. The summed E-state index contributed by atoms with van der Waals surface area (Å²) in [5.41, 5.74) is 3.39. The summed E-state index contributed by atoms with van der Waals surface area (Å²) in [7, 11) is 0.